The zero-order chi connectivity index (χ0) is 19.7. The smallest absolute Gasteiger partial charge is 0.341 e. The lowest BCUT2D eigenvalue weighted by atomic mass is 9.92. The Hall–Kier alpha value is -3.22. The third-order valence-electron chi connectivity index (χ3n) is 5.29. The Balaban J connectivity index is 1.95. The molecule has 7 heteroatoms. The Morgan fingerprint density at radius 2 is 2.11 bits per heavy atom. The summed E-state index contributed by atoms with van der Waals surface area (Å²) in [6, 6.07) is 9.28. The van der Waals surface area contributed by atoms with Crippen molar-refractivity contribution in [2.45, 2.75) is 38.1 Å². The van der Waals surface area contributed by atoms with Gasteiger partial charge in [0.05, 0.1) is 24.2 Å². The van der Waals surface area contributed by atoms with Crippen LogP contribution in [0.5, 0.6) is 5.75 Å². The number of hydrogen-bond donors (Lipinski definition) is 2. The summed E-state index contributed by atoms with van der Waals surface area (Å²) in [4.78, 5) is 23.3. The topological polar surface area (TPSA) is 108 Å². The Morgan fingerprint density at radius 1 is 1.25 bits per heavy atom. The van der Waals surface area contributed by atoms with E-state index in [9.17, 15) is 9.59 Å². The number of primary amides is 1. The van der Waals surface area contributed by atoms with Gasteiger partial charge in [0.2, 0.25) is 5.91 Å². The van der Waals surface area contributed by atoms with Crippen molar-refractivity contribution < 1.29 is 23.8 Å². The molecule has 0 aliphatic heterocycles. The van der Waals surface area contributed by atoms with Crippen molar-refractivity contribution in [2.75, 3.05) is 6.61 Å². The first-order chi connectivity index (χ1) is 13.6. The molecule has 1 unspecified atom stereocenters. The molecular weight excluding hydrogens is 360 g/mol. The highest BCUT2D eigenvalue weighted by molar-refractivity contribution is 5.97. The van der Waals surface area contributed by atoms with Gasteiger partial charge in [0.1, 0.15) is 11.5 Å². The van der Waals surface area contributed by atoms with Gasteiger partial charge in [-0.15, -0.1) is 0 Å². The number of carbonyl (C=O) groups is 2. The number of rotatable bonds is 6. The molecule has 0 saturated heterocycles. The van der Waals surface area contributed by atoms with E-state index in [0.29, 0.717) is 18.7 Å². The van der Waals surface area contributed by atoms with E-state index in [2.05, 4.69) is 4.57 Å². The lowest BCUT2D eigenvalue weighted by Crippen LogP contribution is -2.21. The van der Waals surface area contributed by atoms with Gasteiger partial charge < -0.3 is 24.6 Å². The molecule has 0 radical (unpaired) electrons. The number of carboxylic acid groups (broad SMARTS) is 1. The molecule has 4 rings (SSSR count). The van der Waals surface area contributed by atoms with Crippen molar-refractivity contribution in [2.24, 2.45) is 5.73 Å². The molecule has 1 aliphatic carbocycles. The molecule has 1 atom stereocenters. The van der Waals surface area contributed by atoms with Crippen LogP contribution in [0.25, 0.3) is 10.9 Å². The number of furan rings is 1. The van der Waals surface area contributed by atoms with Gasteiger partial charge in [-0.25, -0.2) is 4.79 Å². The van der Waals surface area contributed by atoms with E-state index in [-0.39, 0.29) is 5.91 Å². The summed E-state index contributed by atoms with van der Waals surface area (Å²) in [7, 11) is 0. The molecule has 0 spiro atoms. The van der Waals surface area contributed by atoms with Gasteiger partial charge >= 0.3 is 5.97 Å². The quantitative estimate of drug-likeness (QED) is 0.637. The molecule has 1 amide bonds. The van der Waals surface area contributed by atoms with Crippen LogP contribution in [-0.4, -0.2) is 28.2 Å². The minimum Gasteiger partial charge on any atom is -0.481 e. The Bertz CT molecular complexity index is 1020. The van der Waals surface area contributed by atoms with Crippen molar-refractivity contribution in [1.82, 2.24) is 4.57 Å². The molecule has 3 aromatic rings. The number of hydrogen-bond acceptors (Lipinski definition) is 4. The monoisotopic (exact) mass is 382 g/mol. The molecule has 146 valence electrons. The zero-order valence-corrected chi connectivity index (χ0v) is 15.4. The highest BCUT2D eigenvalue weighted by Crippen LogP contribution is 2.42. The number of ether oxygens (including phenoxy) is 1. The highest BCUT2D eigenvalue weighted by atomic mass is 16.5. The van der Waals surface area contributed by atoms with Crippen LogP contribution in [0.4, 0.5) is 0 Å². The fraction of sp³-hybridized carbons (Fsp3) is 0.333. The SMILES string of the molecule is NC(=O)C1CCCCc2c1c1c(OCC(=O)O)cccc1n2Cc1ccco1. The second-order valence-corrected chi connectivity index (χ2v) is 7.06. The summed E-state index contributed by atoms with van der Waals surface area (Å²) in [5.74, 6) is -0.579. The van der Waals surface area contributed by atoms with E-state index in [1.54, 1.807) is 12.3 Å². The number of carbonyl (C=O) groups excluding carboxylic acids is 1. The maximum Gasteiger partial charge on any atom is 0.341 e. The van der Waals surface area contributed by atoms with Crippen molar-refractivity contribution >= 4 is 22.8 Å². The lowest BCUT2D eigenvalue weighted by Gasteiger charge is -2.14. The average molecular weight is 382 g/mol. The van der Waals surface area contributed by atoms with Crippen molar-refractivity contribution in [1.29, 1.82) is 0 Å². The first-order valence-corrected chi connectivity index (χ1v) is 9.36. The Morgan fingerprint density at radius 3 is 2.82 bits per heavy atom. The van der Waals surface area contributed by atoms with E-state index in [1.165, 1.54) is 0 Å². The fourth-order valence-electron chi connectivity index (χ4n) is 4.16. The molecule has 2 heterocycles. The number of aromatic nitrogens is 1. The lowest BCUT2D eigenvalue weighted by molar-refractivity contribution is -0.139. The number of carboxylic acids is 1. The molecule has 1 aliphatic rings. The van der Waals surface area contributed by atoms with Crippen molar-refractivity contribution in [3.63, 3.8) is 0 Å². The normalized spacial score (nSPS) is 16.5. The van der Waals surface area contributed by atoms with Gasteiger partial charge in [0, 0.05) is 11.1 Å². The number of aliphatic carboxylic acids is 1. The van der Waals surface area contributed by atoms with Gasteiger partial charge in [-0.05, 0) is 49.1 Å². The van der Waals surface area contributed by atoms with E-state index in [4.69, 9.17) is 20.0 Å². The van der Waals surface area contributed by atoms with E-state index >= 15 is 0 Å². The molecule has 1 aromatic carbocycles. The molecule has 28 heavy (non-hydrogen) atoms. The van der Waals surface area contributed by atoms with Gasteiger partial charge in [0.25, 0.3) is 0 Å². The number of nitrogens with two attached hydrogens (primary N) is 1. The van der Waals surface area contributed by atoms with Gasteiger partial charge in [-0.1, -0.05) is 12.5 Å². The molecule has 0 bridgehead atoms. The summed E-state index contributed by atoms with van der Waals surface area (Å²) in [5, 5.41) is 9.80. The van der Waals surface area contributed by atoms with Crippen LogP contribution in [0.15, 0.2) is 41.0 Å². The third kappa shape index (κ3) is 3.24. The minimum absolute atomic E-state index is 0.367. The summed E-state index contributed by atoms with van der Waals surface area (Å²) in [6.45, 7) is 0.0746. The van der Waals surface area contributed by atoms with Crippen LogP contribution in [0.3, 0.4) is 0 Å². The Labute approximate surface area is 161 Å². The van der Waals surface area contributed by atoms with Crippen LogP contribution >= 0.6 is 0 Å². The summed E-state index contributed by atoms with van der Waals surface area (Å²) >= 11 is 0. The van der Waals surface area contributed by atoms with Gasteiger partial charge in [0.15, 0.2) is 6.61 Å². The number of benzene rings is 1. The molecule has 0 saturated carbocycles. The maximum absolute atomic E-state index is 12.3. The van der Waals surface area contributed by atoms with Crippen molar-refractivity contribution in [3.05, 3.63) is 53.6 Å². The first-order valence-electron chi connectivity index (χ1n) is 9.36. The van der Waals surface area contributed by atoms with Crippen LogP contribution in [-0.2, 0) is 22.6 Å². The van der Waals surface area contributed by atoms with E-state index in [1.807, 2.05) is 24.3 Å². The minimum atomic E-state index is -1.05. The average Bonchev–Trinajstić information content (AvgIpc) is 3.21. The summed E-state index contributed by atoms with van der Waals surface area (Å²) < 4.78 is 13.3. The Kier molecular flexibility index (Phi) is 4.81. The zero-order valence-electron chi connectivity index (χ0n) is 15.4. The summed E-state index contributed by atoms with van der Waals surface area (Å²) in [6.07, 6.45) is 4.98. The standard InChI is InChI=1S/C21H22N2O5/c22-21(26)14-6-1-2-7-15-19(14)20-16(23(15)11-13-5-4-10-27-13)8-3-9-17(20)28-12-18(24)25/h3-5,8-10,14H,1-2,6-7,11-12H2,(H2,22,26)(H,24,25). The predicted molar refractivity (Wildman–Crippen MR) is 102 cm³/mol. The highest BCUT2D eigenvalue weighted by Gasteiger charge is 2.31. The number of fused-ring (bicyclic) bond motifs is 3. The second-order valence-electron chi connectivity index (χ2n) is 7.06. The second kappa shape index (κ2) is 7.42. The third-order valence-corrected chi connectivity index (χ3v) is 5.29. The molecule has 3 N–H and O–H groups in total. The largest absolute Gasteiger partial charge is 0.481 e. The van der Waals surface area contributed by atoms with Crippen molar-refractivity contribution in [3.8, 4) is 5.75 Å². The van der Waals surface area contributed by atoms with Gasteiger partial charge in [-0.3, -0.25) is 4.79 Å². The van der Waals surface area contributed by atoms with E-state index < -0.39 is 18.5 Å². The molecule has 7 nitrogen and oxygen atoms in total. The summed E-state index contributed by atoms with van der Waals surface area (Å²) in [5.41, 5.74) is 8.55. The van der Waals surface area contributed by atoms with Gasteiger partial charge in [-0.2, -0.15) is 0 Å². The first kappa shape index (κ1) is 18.2. The van der Waals surface area contributed by atoms with Crippen LogP contribution in [0.1, 0.15) is 42.2 Å². The molecule has 2 aromatic heterocycles. The van der Waals surface area contributed by atoms with E-state index in [0.717, 1.165) is 47.2 Å². The number of amides is 1. The predicted octanol–water partition coefficient (Wildman–Crippen LogP) is 3.04. The van der Waals surface area contributed by atoms with Crippen LogP contribution < -0.4 is 10.5 Å². The number of nitrogens with zero attached hydrogens (tertiary/aromatic N) is 1. The van der Waals surface area contributed by atoms with Crippen LogP contribution in [0.2, 0.25) is 0 Å². The molecular formula is C21H22N2O5. The fourth-order valence-corrected chi connectivity index (χ4v) is 4.16. The maximum atomic E-state index is 12.3. The molecule has 0 fully saturated rings. The van der Waals surface area contributed by atoms with Crippen LogP contribution in [0, 0.1) is 0 Å².